The molecule has 1 aromatic carbocycles. The number of ether oxygens (including phenoxy) is 1. The number of nitrogens with one attached hydrogen (secondary N) is 2. The third-order valence-electron chi connectivity index (χ3n) is 4.52. The normalized spacial score (nSPS) is 17.4. The van der Waals surface area contributed by atoms with Crippen molar-refractivity contribution in [1.82, 2.24) is 15.3 Å². The zero-order chi connectivity index (χ0) is 17.2. The second-order valence-electron chi connectivity index (χ2n) is 6.23. The molecular formula is C19H19N5O. The van der Waals surface area contributed by atoms with Crippen LogP contribution in [-0.4, -0.2) is 35.6 Å². The highest BCUT2D eigenvalue weighted by molar-refractivity contribution is 5.76. The fourth-order valence-corrected chi connectivity index (χ4v) is 3.19. The van der Waals surface area contributed by atoms with Gasteiger partial charge in [-0.15, -0.1) is 0 Å². The quantitative estimate of drug-likeness (QED) is 0.770. The molecule has 1 aliphatic heterocycles. The molecule has 1 fully saturated rings. The Bertz CT molecular complexity index is 942. The van der Waals surface area contributed by atoms with Gasteiger partial charge in [0, 0.05) is 49.0 Å². The number of aromatic amines is 1. The molecule has 1 aliphatic rings. The minimum Gasteiger partial charge on any atom is -0.454 e. The molecule has 6 nitrogen and oxygen atoms in total. The minimum absolute atomic E-state index is 0.396. The summed E-state index contributed by atoms with van der Waals surface area (Å²) in [5.41, 5.74) is 2.40. The Balaban J connectivity index is 1.67. The van der Waals surface area contributed by atoms with Crippen molar-refractivity contribution in [3.8, 4) is 17.6 Å². The molecule has 0 aliphatic carbocycles. The minimum atomic E-state index is 0.396. The van der Waals surface area contributed by atoms with Crippen LogP contribution in [0.25, 0.3) is 11.0 Å². The average Bonchev–Trinajstić information content (AvgIpc) is 3.10. The number of aromatic nitrogens is 2. The van der Waals surface area contributed by atoms with Crippen LogP contribution in [0.2, 0.25) is 0 Å². The zero-order valence-electron chi connectivity index (χ0n) is 14.0. The molecule has 126 valence electrons. The topological polar surface area (TPSA) is 77.0 Å². The number of hydrogen-bond donors (Lipinski definition) is 2. The lowest BCUT2D eigenvalue weighted by atomic mass is 10.1. The highest BCUT2D eigenvalue weighted by Gasteiger charge is 2.19. The molecule has 3 heterocycles. The molecule has 1 unspecified atom stereocenters. The first-order valence-corrected chi connectivity index (χ1v) is 8.37. The van der Waals surface area contributed by atoms with Crippen molar-refractivity contribution in [3.05, 3.63) is 48.3 Å². The molecule has 1 atom stereocenters. The Morgan fingerprint density at radius 1 is 1.32 bits per heavy atom. The lowest BCUT2D eigenvalue weighted by Crippen LogP contribution is -2.49. The van der Waals surface area contributed by atoms with E-state index in [2.05, 4.69) is 33.2 Å². The molecule has 0 radical (unpaired) electrons. The van der Waals surface area contributed by atoms with Crippen LogP contribution < -0.4 is 15.0 Å². The van der Waals surface area contributed by atoms with E-state index in [9.17, 15) is 5.26 Å². The number of rotatable bonds is 3. The van der Waals surface area contributed by atoms with Crippen molar-refractivity contribution in [3.63, 3.8) is 0 Å². The van der Waals surface area contributed by atoms with Gasteiger partial charge in [-0.2, -0.15) is 5.26 Å². The first kappa shape index (κ1) is 15.5. The van der Waals surface area contributed by atoms with Crippen LogP contribution in [0.15, 0.2) is 42.7 Å². The highest BCUT2D eigenvalue weighted by atomic mass is 16.5. The van der Waals surface area contributed by atoms with Gasteiger partial charge in [-0.3, -0.25) is 0 Å². The predicted molar refractivity (Wildman–Crippen MR) is 97.0 cm³/mol. The number of nitriles is 1. The van der Waals surface area contributed by atoms with Gasteiger partial charge >= 0.3 is 0 Å². The van der Waals surface area contributed by atoms with E-state index in [1.54, 1.807) is 6.20 Å². The summed E-state index contributed by atoms with van der Waals surface area (Å²) in [6, 6.07) is 12.2. The zero-order valence-corrected chi connectivity index (χ0v) is 14.0. The van der Waals surface area contributed by atoms with E-state index in [0.717, 1.165) is 36.4 Å². The molecular weight excluding hydrogens is 314 g/mol. The number of hydrogen-bond acceptors (Lipinski definition) is 5. The number of pyridine rings is 1. The fourth-order valence-electron chi connectivity index (χ4n) is 3.19. The van der Waals surface area contributed by atoms with Crippen molar-refractivity contribution in [2.75, 3.05) is 24.5 Å². The van der Waals surface area contributed by atoms with E-state index in [1.807, 2.05) is 36.5 Å². The van der Waals surface area contributed by atoms with Gasteiger partial charge in [0.05, 0.1) is 11.8 Å². The number of benzene rings is 1. The lowest BCUT2D eigenvalue weighted by molar-refractivity contribution is 0.476. The standard InChI is InChI=1S/C19H19N5O/c1-13-11-21-6-7-24(13)16-3-2-15(10-20)18(9-16)25-17-8-14-4-5-22-19(14)23-12-17/h2-5,8-9,12-13,21H,6-7,11H2,1H3,(H,22,23). The molecule has 0 saturated carbocycles. The van der Waals surface area contributed by atoms with Gasteiger partial charge in [0.1, 0.15) is 23.2 Å². The maximum atomic E-state index is 9.41. The Hall–Kier alpha value is -3.04. The lowest BCUT2D eigenvalue weighted by Gasteiger charge is -2.36. The van der Waals surface area contributed by atoms with Crippen LogP contribution in [0.5, 0.6) is 11.5 Å². The van der Waals surface area contributed by atoms with E-state index in [4.69, 9.17) is 4.74 Å². The Kier molecular flexibility index (Phi) is 4.00. The second-order valence-corrected chi connectivity index (χ2v) is 6.23. The van der Waals surface area contributed by atoms with E-state index in [0.29, 0.717) is 23.1 Å². The van der Waals surface area contributed by atoms with Crippen molar-refractivity contribution < 1.29 is 4.74 Å². The molecule has 1 saturated heterocycles. The number of nitrogens with zero attached hydrogens (tertiary/aromatic N) is 3. The van der Waals surface area contributed by atoms with Crippen LogP contribution in [0, 0.1) is 11.3 Å². The molecule has 0 bridgehead atoms. The van der Waals surface area contributed by atoms with E-state index >= 15 is 0 Å². The molecule has 2 aromatic heterocycles. The average molecular weight is 333 g/mol. The van der Waals surface area contributed by atoms with Gasteiger partial charge in [-0.25, -0.2) is 4.98 Å². The highest BCUT2D eigenvalue weighted by Crippen LogP contribution is 2.31. The van der Waals surface area contributed by atoms with E-state index in [1.165, 1.54) is 0 Å². The number of H-pyrrole nitrogens is 1. The van der Waals surface area contributed by atoms with Crippen LogP contribution in [-0.2, 0) is 0 Å². The predicted octanol–water partition coefficient (Wildman–Crippen LogP) is 3.02. The summed E-state index contributed by atoms with van der Waals surface area (Å²) in [5, 5.41) is 13.8. The van der Waals surface area contributed by atoms with Gasteiger partial charge in [0.15, 0.2) is 0 Å². The second kappa shape index (κ2) is 6.46. The van der Waals surface area contributed by atoms with Crippen molar-refractivity contribution in [1.29, 1.82) is 5.26 Å². The van der Waals surface area contributed by atoms with Gasteiger partial charge in [-0.05, 0) is 31.2 Å². The number of fused-ring (bicyclic) bond motifs is 1. The number of piperazine rings is 1. The van der Waals surface area contributed by atoms with Gasteiger partial charge in [0.2, 0.25) is 0 Å². The van der Waals surface area contributed by atoms with Gasteiger partial charge < -0.3 is 19.9 Å². The first-order chi connectivity index (χ1) is 12.2. The van der Waals surface area contributed by atoms with Gasteiger partial charge in [-0.1, -0.05) is 0 Å². The summed E-state index contributed by atoms with van der Waals surface area (Å²) in [7, 11) is 0. The summed E-state index contributed by atoms with van der Waals surface area (Å²) >= 11 is 0. The maximum absolute atomic E-state index is 9.41. The monoisotopic (exact) mass is 333 g/mol. The first-order valence-electron chi connectivity index (χ1n) is 8.37. The van der Waals surface area contributed by atoms with E-state index in [-0.39, 0.29) is 0 Å². The fraction of sp³-hybridized carbons (Fsp3) is 0.263. The SMILES string of the molecule is CC1CNCCN1c1ccc(C#N)c(Oc2cnc3[nH]ccc3c2)c1. The molecule has 0 spiro atoms. The van der Waals surface area contributed by atoms with Crippen LogP contribution >= 0.6 is 0 Å². The van der Waals surface area contributed by atoms with E-state index < -0.39 is 0 Å². The van der Waals surface area contributed by atoms with Gasteiger partial charge in [0.25, 0.3) is 0 Å². The molecule has 2 N–H and O–H groups in total. The molecule has 4 rings (SSSR count). The van der Waals surface area contributed by atoms with Crippen molar-refractivity contribution in [2.24, 2.45) is 0 Å². The maximum Gasteiger partial charge on any atom is 0.147 e. The molecule has 0 amide bonds. The summed E-state index contributed by atoms with van der Waals surface area (Å²) in [4.78, 5) is 9.73. The summed E-state index contributed by atoms with van der Waals surface area (Å²) < 4.78 is 6.00. The van der Waals surface area contributed by atoms with Crippen molar-refractivity contribution >= 4 is 16.7 Å². The Morgan fingerprint density at radius 3 is 3.08 bits per heavy atom. The summed E-state index contributed by atoms with van der Waals surface area (Å²) in [6.07, 6.45) is 3.51. The third-order valence-corrected chi connectivity index (χ3v) is 4.52. The Morgan fingerprint density at radius 2 is 2.24 bits per heavy atom. The summed E-state index contributed by atoms with van der Waals surface area (Å²) in [6.45, 7) is 5.02. The largest absolute Gasteiger partial charge is 0.454 e. The molecule has 6 heteroatoms. The van der Waals surface area contributed by atoms with Crippen LogP contribution in [0.3, 0.4) is 0 Å². The smallest absolute Gasteiger partial charge is 0.147 e. The van der Waals surface area contributed by atoms with Crippen LogP contribution in [0.4, 0.5) is 5.69 Å². The molecule has 25 heavy (non-hydrogen) atoms. The molecule has 3 aromatic rings. The Labute approximate surface area is 146 Å². The summed E-state index contributed by atoms with van der Waals surface area (Å²) in [5.74, 6) is 1.18. The third kappa shape index (κ3) is 3.02. The van der Waals surface area contributed by atoms with Crippen LogP contribution in [0.1, 0.15) is 12.5 Å². The number of anilines is 1. The van der Waals surface area contributed by atoms with Crippen molar-refractivity contribution in [2.45, 2.75) is 13.0 Å².